The summed E-state index contributed by atoms with van der Waals surface area (Å²) in [4.78, 5) is 35.1. The smallest absolute Gasteiger partial charge is 0.230 e. The standard InChI is InChI=1S/C17H20N6O2/c1-21-14-5-3-2-4-12(14)13(10-15(21)24)16(25)22-6-8-23(9-7-22)17-18-11-19-20-17/h2-5,11,13H,6-10H2,1H3,(H,18,19,20). The van der Waals surface area contributed by atoms with E-state index in [0.717, 1.165) is 17.2 Å². The topological polar surface area (TPSA) is 85.4 Å². The fraction of sp³-hybridized carbons (Fsp3) is 0.412. The van der Waals surface area contributed by atoms with E-state index >= 15 is 0 Å². The molecule has 130 valence electrons. The zero-order valence-corrected chi connectivity index (χ0v) is 14.1. The molecule has 25 heavy (non-hydrogen) atoms. The summed E-state index contributed by atoms with van der Waals surface area (Å²) >= 11 is 0. The molecule has 4 rings (SSSR count). The first-order valence-electron chi connectivity index (χ1n) is 8.39. The highest BCUT2D eigenvalue weighted by Gasteiger charge is 2.36. The number of carbonyl (C=O) groups excluding carboxylic acids is 2. The molecule has 2 amide bonds. The third kappa shape index (κ3) is 2.73. The van der Waals surface area contributed by atoms with Gasteiger partial charge in [0, 0.05) is 45.3 Å². The molecular formula is C17H20N6O2. The molecule has 0 aliphatic carbocycles. The average Bonchev–Trinajstić information content (AvgIpc) is 3.19. The average molecular weight is 340 g/mol. The number of nitrogens with zero attached hydrogens (tertiary/aromatic N) is 5. The van der Waals surface area contributed by atoms with Crippen LogP contribution in [0.25, 0.3) is 0 Å². The largest absolute Gasteiger partial charge is 0.339 e. The Hall–Kier alpha value is -2.90. The monoisotopic (exact) mass is 340 g/mol. The molecule has 1 N–H and O–H groups in total. The zero-order chi connectivity index (χ0) is 17.4. The molecule has 1 aromatic heterocycles. The van der Waals surface area contributed by atoms with Gasteiger partial charge in [0.05, 0.1) is 5.92 Å². The minimum Gasteiger partial charge on any atom is -0.339 e. The molecular weight excluding hydrogens is 320 g/mol. The molecule has 1 atom stereocenters. The molecule has 0 saturated carbocycles. The highest BCUT2D eigenvalue weighted by atomic mass is 16.2. The Labute approximate surface area is 145 Å². The Morgan fingerprint density at radius 2 is 1.96 bits per heavy atom. The van der Waals surface area contributed by atoms with Crippen LogP contribution in [-0.2, 0) is 9.59 Å². The number of H-pyrrole nitrogens is 1. The summed E-state index contributed by atoms with van der Waals surface area (Å²) in [7, 11) is 1.76. The SMILES string of the molecule is CN1C(=O)CC(C(=O)N2CCN(c3ncn[nH]3)CC2)c2ccccc21. The van der Waals surface area contributed by atoms with Crippen LogP contribution in [0.15, 0.2) is 30.6 Å². The molecule has 0 radical (unpaired) electrons. The maximum Gasteiger partial charge on any atom is 0.230 e. The van der Waals surface area contributed by atoms with Crippen molar-refractivity contribution in [3.63, 3.8) is 0 Å². The molecule has 0 bridgehead atoms. The van der Waals surface area contributed by atoms with Gasteiger partial charge in [0.25, 0.3) is 0 Å². The number of rotatable bonds is 2. The van der Waals surface area contributed by atoms with E-state index in [-0.39, 0.29) is 18.2 Å². The van der Waals surface area contributed by atoms with E-state index < -0.39 is 5.92 Å². The number of nitrogens with one attached hydrogen (secondary N) is 1. The number of aromatic nitrogens is 3. The normalized spacial score (nSPS) is 20.6. The van der Waals surface area contributed by atoms with E-state index in [0.29, 0.717) is 26.2 Å². The summed E-state index contributed by atoms with van der Waals surface area (Å²) in [6, 6.07) is 7.66. The van der Waals surface area contributed by atoms with Crippen molar-refractivity contribution in [2.24, 2.45) is 0 Å². The minimum absolute atomic E-state index is 0.0163. The van der Waals surface area contributed by atoms with Gasteiger partial charge in [-0.25, -0.2) is 5.10 Å². The molecule has 2 aromatic rings. The van der Waals surface area contributed by atoms with Gasteiger partial charge in [-0.1, -0.05) is 18.2 Å². The number of benzene rings is 1. The quantitative estimate of drug-likeness (QED) is 0.865. The number of fused-ring (bicyclic) bond motifs is 1. The Morgan fingerprint density at radius 1 is 1.20 bits per heavy atom. The number of amides is 2. The van der Waals surface area contributed by atoms with Gasteiger partial charge in [-0.3, -0.25) is 9.59 Å². The molecule has 3 heterocycles. The van der Waals surface area contributed by atoms with Gasteiger partial charge in [0.15, 0.2) is 0 Å². The summed E-state index contributed by atoms with van der Waals surface area (Å²) in [6.45, 7) is 2.62. The second-order valence-corrected chi connectivity index (χ2v) is 6.39. The second-order valence-electron chi connectivity index (χ2n) is 6.39. The molecule has 0 spiro atoms. The van der Waals surface area contributed by atoms with Crippen molar-refractivity contribution >= 4 is 23.5 Å². The van der Waals surface area contributed by atoms with Crippen LogP contribution in [0.4, 0.5) is 11.6 Å². The first kappa shape index (κ1) is 15.6. The number of hydrogen-bond acceptors (Lipinski definition) is 5. The van der Waals surface area contributed by atoms with Crippen molar-refractivity contribution in [1.29, 1.82) is 0 Å². The van der Waals surface area contributed by atoms with Crippen LogP contribution in [0.1, 0.15) is 17.9 Å². The van der Waals surface area contributed by atoms with Crippen LogP contribution in [0, 0.1) is 0 Å². The van der Waals surface area contributed by atoms with E-state index in [1.807, 2.05) is 29.2 Å². The maximum absolute atomic E-state index is 13.1. The Morgan fingerprint density at radius 3 is 2.68 bits per heavy atom. The predicted octanol–water partition coefficient (Wildman–Crippen LogP) is 0.604. The molecule has 1 fully saturated rings. The first-order valence-corrected chi connectivity index (χ1v) is 8.39. The lowest BCUT2D eigenvalue weighted by Gasteiger charge is -2.38. The first-order chi connectivity index (χ1) is 12.1. The Kier molecular flexibility index (Phi) is 3.87. The lowest BCUT2D eigenvalue weighted by molar-refractivity contribution is -0.135. The summed E-state index contributed by atoms with van der Waals surface area (Å²) in [5, 5.41) is 6.71. The predicted molar refractivity (Wildman–Crippen MR) is 92.4 cm³/mol. The number of piperazine rings is 1. The van der Waals surface area contributed by atoms with E-state index in [9.17, 15) is 9.59 Å². The maximum atomic E-state index is 13.1. The van der Waals surface area contributed by atoms with E-state index in [1.54, 1.807) is 11.9 Å². The number of para-hydroxylation sites is 1. The molecule has 2 aliphatic heterocycles. The van der Waals surface area contributed by atoms with Crippen molar-refractivity contribution < 1.29 is 9.59 Å². The lowest BCUT2D eigenvalue weighted by atomic mass is 9.88. The van der Waals surface area contributed by atoms with Gasteiger partial charge < -0.3 is 14.7 Å². The summed E-state index contributed by atoms with van der Waals surface area (Å²) in [5.74, 6) is 0.354. The summed E-state index contributed by atoms with van der Waals surface area (Å²) < 4.78 is 0. The Bertz CT molecular complexity index is 782. The van der Waals surface area contributed by atoms with Gasteiger partial charge in [-0.2, -0.15) is 10.1 Å². The van der Waals surface area contributed by atoms with E-state index in [1.165, 1.54) is 6.33 Å². The molecule has 1 saturated heterocycles. The van der Waals surface area contributed by atoms with Crippen molar-refractivity contribution in [2.45, 2.75) is 12.3 Å². The highest BCUT2D eigenvalue weighted by Crippen LogP contribution is 2.36. The van der Waals surface area contributed by atoms with Crippen LogP contribution in [0.3, 0.4) is 0 Å². The van der Waals surface area contributed by atoms with Crippen molar-refractivity contribution in [3.8, 4) is 0 Å². The lowest BCUT2D eigenvalue weighted by Crippen LogP contribution is -2.51. The highest BCUT2D eigenvalue weighted by molar-refractivity contribution is 6.02. The summed E-state index contributed by atoms with van der Waals surface area (Å²) in [6.07, 6.45) is 1.71. The van der Waals surface area contributed by atoms with Gasteiger partial charge >= 0.3 is 0 Å². The van der Waals surface area contributed by atoms with Gasteiger partial charge in [-0.15, -0.1) is 0 Å². The van der Waals surface area contributed by atoms with Crippen LogP contribution < -0.4 is 9.80 Å². The molecule has 8 nitrogen and oxygen atoms in total. The molecule has 1 unspecified atom stereocenters. The van der Waals surface area contributed by atoms with Crippen LogP contribution >= 0.6 is 0 Å². The summed E-state index contributed by atoms with van der Waals surface area (Å²) in [5.41, 5.74) is 1.77. The van der Waals surface area contributed by atoms with Crippen LogP contribution in [0.2, 0.25) is 0 Å². The van der Waals surface area contributed by atoms with Crippen LogP contribution in [-0.4, -0.2) is 65.1 Å². The van der Waals surface area contributed by atoms with Gasteiger partial charge in [-0.05, 0) is 11.6 Å². The van der Waals surface area contributed by atoms with Crippen molar-refractivity contribution in [3.05, 3.63) is 36.2 Å². The third-order valence-electron chi connectivity index (χ3n) is 5.02. The zero-order valence-electron chi connectivity index (χ0n) is 14.1. The van der Waals surface area contributed by atoms with Crippen molar-refractivity contribution in [2.75, 3.05) is 43.0 Å². The fourth-order valence-electron chi connectivity index (χ4n) is 3.57. The number of anilines is 2. The van der Waals surface area contributed by atoms with Gasteiger partial charge in [0.2, 0.25) is 17.8 Å². The van der Waals surface area contributed by atoms with E-state index in [2.05, 4.69) is 20.1 Å². The fourth-order valence-corrected chi connectivity index (χ4v) is 3.57. The number of aromatic amines is 1. The third-order valence-corrected chi connectivity index (χ3v) is 5.02. The van der Waals surface area contributed by atoms with Crippen molar-refractivity contribution in [1.82, 2.24) is 20.1 Å². The van der Waals surface area contributed by atoms with E-state index in [4.69, 9.17) is 0 Å². The number of carbonyl (C=O) groups is 2. The second kappa shape index (κ2) is 6.19. The molecule has 2 aliphatic rings. The number of hydrogen-bond donors (Lipinski definition) is 1. The molecule has 8 heteroatoms. The van der Waals surface area contributed by atoms with Crippen LogP contribution in [0.5, 0.6) is 0 Å². The molecule has 1 aromatic carbocycles. The minimum atomic E-state index is -0.392. The Balaban J connectivity index is 1.50. The van der Waals surface area contributed by atoms with Gasteiger partial charge in [0.1, 0.15) is 6.33 Å².